The summed E-state index contributed by atoms with van der Waals surface area (Å²) in [5.74, 6) is -0.496. The molecule has 164 valence electrons. The molecule has 1 atom stereocenters. The highest BCUT2D eigenvalue weighted by atomic mass is 35.5. The Hall–Kier alpha value is -1.87. The fourth-order valence-electron chi connectivity index (χ4n) is 2.78. The molecule has 29 heavy (non-hydrogen) atoms. The number of hydrogen-bond acceptors (Lipinski definition) is 5. The van der Waals surface area contributed by atoms with Gasteiger partial charge in [-0.3, -0.25) is 19.3 Å². The zero-order valence-corrected chi connectivity index (χ0v) is 18.4. The van der Waals surface area contributed by atoms with Gasteiger partial charge in [0.15, 0.2) is 0 Å². The average Bonchev–Trinajstić information content (AvgIpc) is 2.66. The van der Waals surface area contributed by atoms with Crippen molar-refractivity contribution in [2.45, 2.75) is 19.9 Å². The lowest BCUT2D eigenvalue weighted by molar-refractivity contribution is -0.135. The second kappa shape index (κ2) is 13.4. The van der Waals surface area contributed by atoms with Crippen molar-refractivity contribution in [3.63, 3.8) is 0 Å². The Bertz CT molecular complexity index is 653. The van der Waals surface area contributed by atoms with Crippen LogP contribution in [0, 0.1) is 5.92 Å². The van der Waals surface area contributed by atoms with Crippen LogP contribution in [0.1, 0.15) is 13.8 Å². The Kier molecular flexibility index (Phi) is 12.5. The van der Waals surface area contributed by atoms with Crippen molar-refractivity contribution in [1.29, 1.82) is 0 Å². The summed E-state index contributed by atoms with van der Waals surface area (Å²) < 4.78 is 0. The number of carbonyl (C=O) groups excluding carboxylic acids is 3. The summed E-state index contributed by atoms with van der Waals surface area (Å²) in [7, 11) is 0. The lowest BCUT2D eigenvalue weighted by atomic mass is 10.1. The highest BCUT2D eigenvalue weighted by Gasteiger charge is 2.24. The van der Waals surface area contributed by atoms with Gasteiger partial charge in [-0.2, -0.15) is 0 Å². The van der Waals surface area contributed by atoms with E-state index in [1.165, 1.54) is 0 Å². The number of halogens is 2. The summed E-state index contributed by atoms with van der Waals surface area (Å²) in [5, 5.41) is 5.45. The minimum Gasteiger partial charge on any atom is -0.346 e. The number of nitrogens with two attached hydrogens (primary N) is 1. The van der Waals surface area contributed by atoms with E-state index >= 15 is 0 Å². The SMILES string of the molecule is CC(C)[C@H](N)C(=O)NCC(=O)N1CCN(CC(=O)Nc2ccccc2)CC1.Cl.Cl. The van der Waals surface area contributed by atoms with E-state index in [1.807, 2.05) is 49.1 Å². The van der Waals surface area contributed by atoms with Crippen LogP contribution in [-0.4, -0.2) is 72.8 Å². The molecule has 0 aliphatic carbocycles. The normalized spacial score (nSPS) is 15.0. The molecule has 8 nitrogen and oxygen atoms in total. The zero-order valence-electron chi connectivity index (χ0n) is 16.8. The molecule has 0 radical (unpaired) electrons. The van der Waals surface area contributed by atoms with Gasteiger partial charge in [-0.05, 0) is 18.1 Å². The molecular weight excluding hydrogens is 417 g/mol. The van der Waals surface area contributed by atoms with Gasteiger partial charge in [-0.25, -0.2) is 0 Å². The third-order valence-corrected chi connectivity index (χ3v) is 4.58. The van der Waals surface area contributed by atoms with E-state index in [1.54, 1.807) is 4.90 Å². The number of carbonyl (C=O) groups is 3. The molecule has 0 bridgehead atoms. The van der Waals surface area contributed by atoms with Gasteiger partial charge >= 0.3 is 0 Å². The molecule has 0 saturated carbocycles. The standard InChI is InChI=1S/C19H29N5O3.2ClH/c1-14(2)18(20)19(27)21-12-17(26)24-10-8-23(9-11-24)13-16(25)22-15-6-4-3-5-7-15;;/h3-7,14,18H,8-13,20H2,1-2H3,(H,21,27)(H,22,25);2*1H/t18-;;/m0../s1. The van der Waals surface area contributed by atoms with E-state index in [0.29, 0.717) is 26.2 Å². The van der Waals surface area contributed by atoms with Gasteiger partial charge in [-0.1, -0.05) is 32.0 Å². The Labute approximate surface area is 184 Å². The largest absolute Gasteiger partial charge is 0.346 e. The summed E-state index contributed by atoms with van der Waals surface area (Å²) in [5.41, 5.74) is 6.53. The highest BCUT2D eigenvalue weighted by Crippen LogP contribution is 2.06. The molecule has 0 unspecified atom stereocenters. The van der Waals surface area contributed by atoms with Crippen molar-refractivity contribution in [2.24, 2.45) is 11.7 Å². The third kappa shape index (κ3) is 8.99. The molecule has 0 spiro atoms. The van der Waals surface area contributed by atoms with Crippen LogP contribution in [0.3, 0.4) is 0 Å². The molecule has 10 heteroatoms. The van der Waals surface area contributed by atoms with Crippen LogP contribution in [0.4, 0.5) is 5.69 Å². The molecule has 2 rings (SSSR count). The van der Waals surface area contributed by atoms with Gasteiger partial charge in [0.2, 0.25) is 17.7 Å². The number of anilines is 1. The number of rotatable bonds is 7. The van der Waals surface area contributed by atoms with E-state index in [4.69, 9.17) is 5.73 Å². The van der Waals surface area contributed by atoms with E-state index in [2.05, 4.69) is 10.6 Å². The maximum absolute atomic E-state index is 12.2. The summed E-state index contributed by atoms with van der Waals surface area (Å²) >= 11 is 0. The molecule has 1 aliphatic rings. The summed E-state index contributed by atoms with van der Waals surface area (Å²) in [6.07, 6.45) is 0. The number of hydrogen-bond donors (Lipinski definition) is 3. The van der Waals surface area contributed by atoms with Crippen LogP contribution in [-0.2, 0) is 14.4 Å². The topological polar surface area (TPSA) is 108 Å². The predicted octanol–water partition coefficient (Wildman–Crippen LogP) is 0.712. The van der Waals surface area contributed by atoms with Crippen molar-refractivity contribution in [1.82, 2.24) is 15.1 Å². The van der Waals surface area contributed by atoms with Crippen LogP contribution >= 0.6 is 24.8 Å². The maximum atomic E-state index is 12.2. The zero-order chi connectivity index (χ0) is 19.8. The second-order valence-corrected chi connectivity index (χ2v) is 7.06. The van der Waals surface area contributed by atoms with Gasteiger partial charge in [0, 0.05) is 31.9 Å². The fraction of sp³-hybridized carbons (Fsp3) is 0.526. The number of para-hydroxylation sites is 1. The smallest absolute Gasteiger partial charge is 0.242 e. The predicted molar refractivity (Wildman–Crippen MR) is 118 cm³/mol. The number of benzene rings is 1. The van der Waals surface area contributed by atoms with E-state index < -0.39 is 6.04 Å². The molecule has 1 aromatic carbocycles. The Morgan fingerprint density at radius 1 is 1.03 bits per heavy atom. The number of amides is 3. The van der Waals surface area contributed by atoms with Crippen LogP contribution in [0.15, 0.2) is 30.3 Å². The first kappa shape index (κ1) is 27.1. The number of nitrogens with one attached hydrogen (secondary N) is 2. The van der Waals surface area contributed by atoms with Gasteiger partial charge < -0.3 is 21.3 Å². The first-order valence-electron chi connectivity index (χ1n) is 9.25. The van der Waals surface area contributed by atoms with Crippen molar-refractivity contribution >= 4 is 48.2 Å². The fourth-order valence-corrected chi connectivity index (χ4v) is 2.78. The van der Waals surface area contributed by atoms with Crippen molar-refractivity contribution in [2.75, 3.05) is 44.6 Å². The van der Waals surface area contributed by atoms with E-state index in [9.17, 15) is 14.4 Å². The minimum absolute atomic E-state index is 0. The van der Waals surface area contributed by atoms with Crippen LogP contribution in [0.2, 0.25) is 0 Å². The molecular formula is C19H31Cl2N5O3. The number of piperazine rings is 1. The van der Waals surface area contributed by atoms with Crippen molar-refractivity contribution in [3.8, 4) is 0 Å². The lowest BCUT2D eigenvalue weighted by Gasteiger charge is -2.34. The first-order chi connectivity index (χ1) is 12.9. The summed E-state index contributed by atoms with van der Waals surface area (Å²) in [6.45, 7) is 6.26. The van der Waals surface area contributed by atoms with Crippen molar-refractivity contribution in [3.05, 3.63) is 30.3 Å². The average molecular weight is 448 g/mol. The maximum Gasteiger partial charge on any atom is 0.242 e. The first-order valence-corrected chi connectivity index (χ1v) is 9.25. The molecule has 1 aliphatic heterocycles. The molecule has 1 heterocycles. The van der Waals surface area contributed by atoms with Crippen LogP contribution in [0.5, 0.6) is 0 Å². The van der Waals surface area contributed by atoms with Gasteiger partial charge in [-0.15, -0.1) is 24.8 Å². The Balaban J connectivity index is 0.00000392. The van der Waals surface area contributed by atoms with Gasteiger partial charge in [0.1, 0.15) is 0 Å². The van der Waals surface area contributed by atoms with Gasteiger partial charge in [0.05, 0.1) is 19.1 Å². The van der Waals surface area contributed by atoms with E-state index in [0.717, 1.165) is 5.69 Å². The molecule has 4 N–H and O–H groups in total. The summed E-state index contributed by atoms with van der Waals surface area (Å²) in [4.78, 5) is 39.9. The van der Waals surface area contributed by atoms with Crippen LogP contribution < -0.4 is 16.4 Å². The Morgan fingerprint density at radius 2 is 1.62 bits per heavy atom. The number of nitrogens with zero attached hydrogens (tertiary/aromatic N) is 2. The molecule has 1 aromatic rings. The third-order valence-electron chi connectivity index (χ3n) is 4.58. The molecule has 1 saturated heterocycles. The molecule has 3 amide bonds. The second-order valence-electron chi connectivity index (χ2n) is 7.06. The monoisotopic (exact) mass is 447 g/mol. The van der Waals surface area contributed by atoms with Crippen molar-refractivity contribution < 1.29 is 14.4 Å². The minimum atomic E-state index is -0.613. The summed E-state index contributed by atoms with van der Waals surface area (Å²) in [6, 6.07) is 8.70. The lowest BCUT2D eigenvalue weighted by Crippen LogP contribution is -2.53. The van der Waals surface area contributed by atoms with Gasteiger partial charge in [0.25, 0.3) is 0 Å². The molecule has 0 aromatic heterocycles. The van der Waals surface area contributed by atoms with E-state index in [-0.39, 0.29) is 61.5 Å². The van der Waals surface area contributed by atoms with Crippen LogP contribution in [0.25, 0.3) is 0 Å². The molecule has 1 fully saturated rings. The Morgan fingerprint density at radius 3 is 2.17 bits per heavy atom. The highest BCUT2D eigenvalue weighted by molar-refractivity contribution is 5.92. The quantitative estimate of drug-likeness (QED) is 0.570.